The molecule has 0 saturated carbocycles. The van der Waals surface area contributed by atoms with Crippen molar-refractivity contribution in [2.24, 2.45) is 5.92 Å². The molecule has 1 heteroatoms. The minimum Gasteiger partial charge on any atom is -0.385 e. The lowest BCUT2D eigenvalue weighted by atomic mass is 9.85. The highest BCUT2D eigenvalue weighted by Gasteiger charge is 2.18. The smallest absolute Gasteiger partial charge is 0.0372 e. The Kier molecular flexibility index (Phi) is 3.75. The molecule has 0 saturated heterocycles. The fourth-order valence-electron chi connectivity index (χ4n) is 3.13. The summed E-state index contributed by atoms with van der Waals surface area (Å²) in [5.74, 6) is 0.695. The van der Waals surface area contributed by atoms with Gasteiger partial charge >= 0.3 is 0 Å². The van der Waals surface area contributed by atoms with E-state index in [-0.39, 0.29) is 5.41 Å². The van der Waals surface area contributed by atoms with Crippen LogP contribution in [0.3, 0.4) is 0 Å². The molecule has 0 radical (unpaired) electrons. The molecule has 1 aliphatic heterocycles. The summed E-state index contributed by atoms with van der Waals surface area (Å²) in [6.45, 7) is 7.88. The quantitative estimate of drug-likeness (QED) is 0.831. The van der Waals surface area contributed by atoms with E-state index in [1.54, 1.807) is 0 Å². The molecule has 0 spiro atoms. The second-order valence-corrected chi connectivity index (χ2v) is 7.26. The molecule has 1 nitrogen and oxygen atoms in total. The van der Waals surface area contributed by atoms with Crippen LogP contribution in [0.1, 0.15) is 37.5 Å². The van der Waals surface area contributed by atoms with Crippen LogP contribution in [-0.2, 0) is 18.3 Å². The van der Waals surface area contributed by atoms with E-state index < -0.39 is 0 Å². The first-order valence-electron chi connectivity index (χ1n) is 7.93. The van der Waals surface area contributed by atoms with Gasteiger partial charge in [0.05, 0.1) is 0 Å². The summed E-state index contributed by atoms with van der Waals surface area (Å²) in [5.41, 5.74) is 5.88. The second kappa shape index (κ2) is 5.55. The van der Waals surface area contributed by atoms with Crippen molar-refractivity contribution in [2.75, 3.05) is 11.9 Å². The normalized spacial score (nSPS) is 18.0. The maximum Gasteiger partial charge on any atom is 0.0372 e. The van der Waals surface area contributed by atoms with Gasteiger partial charge in [0, 0.05) is 12.2 Å². The summed E-state index contributed by atoms with van der Waals surface area (Å²) in [6, 6.07) is 17.9. The van der Waals surface area contributed by atoms with Crippen LogP contribution in [0.25, 0.3) is 0 Å². The molecule has 1 atom stereocenters. The summed E-state index contributed by atoms with van der Waals surface area (Å²) in [7, 11) is 0. The summed E-state index contributed by atoms with van der Waals surface area (Å²) in [6.07, 6.45) is 2.34. The van der Waals surface area contributed by atoms with Crippen LogP contribution in [0.2, 0.25) is 0 Å². The Hall–Kier alpha value is -1.76. The molecule has 0 bridgehead atoms. The Bertz CT molecular complexity index is 604. The van der Waals surface area contributed by atoms with E-state index in [9.17, 15) is 0 Å². The molecule has 3 rings (SSSR count). The molecular formula is C20H25N. The van der Waals surface area contributed by atoms with E-state index in [1.807, 2.05) is 0 Å². The Balaban J connectivity index is 1.68. The van der Waals surface area contributed by atoms with Crippen LogP contribution in [0, 0.1) is 5.92 Å². The molecule has 1 heterocycles. The van der Waals surface area contributed by atoms with E-state index in [2.05, 4.69) is 74.6 Å². The Morgan fingerprint density at radius 2 is 1.71 bits per heavy atom. The third-order valence-corrected chi connectivity index (χ3v) is 4.45. The van der Waals surface area contributed by atoms with Crippen LogP contribution in [0.5, 0.6) is 0 Å². The summed E-state index contributed by atoms with van der Waals surface area (Å²) >= 11 is 0. The summed E-state index contributed by atoms with van der Waals surface area (Å²) in [4.78, 5) is 0. The molecule has 0 amide bonds. The lowest BCUT2D eigenvalue weighted by molar-refractivity contribution is 0.534. The van der Waals surface area contributed by atoms with Gasteiger partial charge in [-0.1, -0.05) is 63.2 Å². The Morgan fingerprint density at radius 1 is 1.00 bits per heavy atom. The van der Waals surface area contributed by atoms with Gasteiger partial charge in [-0.05, 0) is 46.9 Å². The van der Waals surface area contributed by atoms with Gasteiger partial charge in [-0.3, -0.25) is 0 Å². The first-order valence-corrected chi connectivity index (χ1v) is 7.93. The van der Waals surface area contributed by atoms with E-state index in [0.29, 0.717) is 5.92 Å². The average Bonchev–Trinajstić information content (AvgIpc) is 2.47. The van der Waals surface area contributed by atoms with Gasteiger partial charge in [0.15, 0.2) is 0 Å². The van der Waals surface area contributed by atoms with Crippen molar-refractivity contribution in [2.45, 2.75) is 39.0 Å². The van der Waals surface area contributed by atoms with Crippen LogP contribution < -0.4 is 5.32 Å². The van der Waals surface area contributed by atoms with Crippen molar-refractivity contribution in [1.82, 2.24) is 0 Å². The topological polar surface area (TPSA) is 12.0 Å². The Labute approximate surface area is 128 Å². The lowest BCUT2D eigenvalue weighted by Crippen LogP contribution is -2.24. The molecular weight excluding hydrogens is 254 g/mol. The third kappa shape index (κ3) is 3.29. The molecule has 21 heavy (non-hydrogen) atoms. The number of anilines is 1. The SMILES string of the molecule is CC(C)(C)c1ccc(CC2CNc3ccccc3C2)cc1. The van der Waals surface area contributed by atoms with Crippen molar-refractivity contribution in [3.05, 3.63) is 65.2 Å². The van der Waals surface area contributed by atoms with E-state index in [0.717, 1.165) is 13.0 Å². The van der Waals surface area contributed by atoms with Gasteiger partial charge in [0.25, 0.3) is 0 Å². The number of rotatable bonds is 2. The molecule has 1 unspecified atom stereocenters. The van der Waals surface area contributed by atoms with Gasteiger partial charge in [-0.25, -0.2) is 0 Å². The summed E-state index contributed by atoms with van der Waals surface area (Å²) < 4.78 is 0. The van der Waals surface area contributed by atoms with E-state index in [1.165, 1.54) is 28.8 Å². The van der Waals surface area contributed by atoms with Crippen molar-refractivity contribution >= 4 is 5.69 Å². The summed E-state index contributed by atoms with van der Waals surface area (Å²) in [5, 5.41) is 3.57. The molecule has 2 aromatic carbocycles. The fraction of sp³-hybridized carbons (Fsp3) is 0.400. The zero-order valence-electron chi connectivity index (χ0n) is 13.3. The standard InChI is InChI=1S/C20H25N/c1-20(2,3)18-10-8-15(9-11-18)12-16-13-17-6-4-5-7-19(17)21-14-16/h4-11,16,21H,12-14H2,1-3H3. The van der Waals surface area contributed by atoms with Gasteiger partial charge < -0.3 is 5.32 Å². The highest BCUT2D eigenvalue weighted by Crippen LogP contribution is 2.27. The second-order valence-electron chi connectivity index (χ2n) is 7.26. The molecule has 2 aromatic rings. The largest absolute Gasteiger partial charge is 0.385 e. The predicted octanol–water partition coefficient (Wildman–Crippen LogP) is 4.81. The van der Waals surface area contributed by atoms with Crippen LogP contribution in [-0.4, -0.2) is 6.54 Å². The number of hydrogen-bond donors (Lipinski definition) is 1. The lowest BCUT2D eigenvalue weighted by Gasteiger charge is -2.26. The monoisotopic (exact) mass is 279 g/mol. The zero-order chi connectivity index (χ0) is 14.9. The Morgan fingerprint density at radius 3 is 2.43 bits per heavy atom. The van der Waals surface area contributed by atoms with Gasteiger partial charge in [0.1, 0.15) is 0 Å². The highest BCUT2D eigenvalue weighted by atomic mass is 14.9. The molecule has 1 N–H and O–H groups in total. The van der Waals surface area contributed by atoms with Crippen molar-refractivity contribution in [1.29, 1.82) is 0 Å². The minimum absolute atomic E-state index is 0.240. The number of benzene rings is 2. The molecule has 0 aromatic heterocycles. The van der Waals surface area contributed by atoms with Gasteiger partial charge in [-0.15, -0.1) is 0 Å². The van der Waals surface area contributed by atoms with Gasteiger partial charge in [-0.2, -0.15) is 0 Å². The minimum atomic E-state index is 0.240. The molecule has 0 fully saturated rings. The van der Waals surface area contributed by atoms with Crippen LogP contribution >= 0.6 is 0 Å². The highest BCUT2D eigenvalue weighted by molar-refractivity contribution is 5.53. The zero-order valence-corrected chi connectivity index (χ0v) is 13.3. The number of para-hydroxylation sites is 1. The van der Waals surface area contributed by atoms with Crippen molar-refractivity contribution < 1.29 is 0 Å². The average molecular weight is 279 g/mol. The maximum absolute atomic E-state index is 3.57. The predicted molar refractivity (Wildman–Crippen MR) is 91.0 cm³/mol. The third-order valence-electron chi connectivity index (χ3n) is 4.45. The molecule has 110 valence electrons. The first-order chi connectivity index (χ1) is 10.0. The molecule has 0 aliphatic carbocycles. The van der Waals surface area contributed by atoms with Crippen LogP contribution in [0.15, 0.2) is 48.5 Å². The number of hydrogen-bond acceptors (Lipinski definition) is 1. The van der Waals surface area contributed by atoms with Crippen LogP contribution in [0.4, 0.5) is 5.69 Å². The van der Waals surface area contributed by atoms with Gasteiger partial charge in [0.2, 0.25) is 0 Å². The van der Waals surface area contributed by atoms with E-state index >= 15 is 0 Å². The van der Waals surface area contributed by atoms with Crippen molar-refractivity contribution in [3.63, 3.8) is 0 Å². The molecule has 1 aliphatic rings. The maximum atomic E-state index is 3.57. The first kappa shape index (κ1) is 14.2. The van der Waals surface area contributed by atoms with Crippen molar-refractivity contribution in [3.8, 4) is 0 Å². The number of nitrogens with one attached hydrogen (secondary N) is 1. The number of fused-ring (bicyclic) bond motifs is 1. The van der Waals surface area contributed by atoms with E-state index in [4.69, 9.17) is 0 Å². The fourth-order valence-corrected chi connectivity index (χ4v) is 3.13.